The Hall–Kier alpha value is -3.71. The fourth-order valence-corrected chi connectivity index (χ4v) is 5.05. The van der Waals surface area contributed by atoms with Gasteiger partial charge < -0.3 is 9.84 Å². The summed E-state index contributed by atoms with van der Waals surface area (Å²) in [7, 11) is 0. The number of rotatable bonds is 6. The van der Waals surface area contributed by atoms with Crippen molar-refractivity contribution >= 4 is 22.9 Å². The minimum atomic E-state index is -0.383. The van der Waals surface area contributed by atoms with E-state index in [2.05, 4.69) is 54.0 Å². The van der Waals surface area contributed by atoms with E-state index in [1.54, 1.807) is 16.2 Å². The highest BCUT2D eigenvalue weighted by atomic mass is 32.1. The van der Waals surface area contributed by atoms with Gasteiger partial charge in [-0.25, -0.2) is 4.79 Å². The summed E-state index contributed by atoms with van der Waals surface area (Å²) < 4.78 is 5.80. The van der Waals surface area contributed by atoms with Crippen molar-refractivity contribution in [3.05, 3.63) is 98.7 Å². The highest BCUT2D eigenvalue weighted by Gasteiger charge is 2.35. The Bertz CT molecular complexity index is 1390. The van der Waals surface area contributed by atoms with Crippen LogP contribution in [-0.4, -0.2) is 27.6 Å². The molecule has 1 aliphatic heterocycles. The van der Waals surface area contributed by atoms with Crippen LogP contribution in [0, 0.1) is 20.8 Å². The molecule has 2 aromatic carbocycles. The molecule has 0 saturated carbocycles. The monoisotopic (exact) mass is 484 g/mol. The molecule has 178 valence electrons. The van der Waals surface area contributed by atoms with Crippen molar-refractivity contribution in [3.8, 4) is 11.4 Å². The Labute approximate surface area is 209 Å². The van der Waals surface area contributed by atoms with Gasteiger partial charge in [0.05, 0.1) is 11.6 Å². The highest BCUT2D eigenvalue weighted by molar-refractivity contribution is 7.09. The van der Waals surface area contributed by atoms with Gasteiger partial charge in [-0.3, -0.25) is 4.90 Å². The number of carbonyl (C=O) groups is 1. The van der Waals surface area contributed by atoms with Crippen LogP contribution in [0.5, 0.6) is 0 Å². The van der Waals surface area contributed by atoms with Crippen LogP contribution in [0.1, 0.15) is 46.0 Å². The van der Waals surface area contributed by atoms with E-state index in [9.17, 15) is 4.79 Å². The standard InChI is InChI=1S/C28H28N4O2S/c1-17-7-10-21(11-8-17)26-30-27(34-31-26)24-20(4)32(14-13-23-6-5-15-35-23)28(33)29-25(24)22-12-9-18(2)19(3)16-22/h5-12,15-16,25H,13-14H2,1-4H3,(H,29,33). The molecule has 7 heteroatoms. The molecule has 4 aromatic rings. The van der Waals surface area contributed by atoms with Crippen LogP contribution in [0.25, 0.3) is 17.0 Å². The minimum Gasteiger partial charge on any atom is -0.334 e. The van der Waals surface area contributed by atoms with Gasteiger partial charge in [-0.1, -0.05) is 59.3 Å². The summed E-state index contributed by atoms with van der Waals surface area (Å²) in [5.41, 5.74) is 7.07. The van der Waals surface area contributed by atoms with Gasteiger partial charge in [0, 0.05) is 22.7 Å². The molecular weight excluding hydrogens is 456 g/mol. The quantitative estimate of drug-likeness (QED) is 0.341. The van der Waals surface area contributed by atoms with Crippen LogP contribution < -0.4 is 5.32 Å². The number of allylic oxidation sites excluding steroid dienone is 1. The van der Waals surface area contributed by atoms with Gasteiger partial charge in [-0.2, -0.15) is 4.98 Å². The summed E-state index contributed by atoms with van der Waals surface area (Å²) in [5.74, 6) is 0.948. The predicted molar refractivity (Wildman–Crippen MR) is 139 cm³/mol. The number of hydrogen-bond donors (Lipinski definition) is 1. The number of aromatic nitrogens is 2. The van der Waals surface area contributed by atoms with E-state index in [1.807, 2.05) is 44.2 Å². The zero-order valence-electron chi connectivity index (χ0n) is 20.3. The average Bonchev–Trinajstić information content (AvgIpc) is 3.53. The van der Waals surface area contributed by atoms with E-state index < -0.39 is 0 Å². The van der Waals surface area contributed by atoms with Crippen molar-refractivity contribution in [2.75, 3.05) is 6.54 Å². The first-order chi connectivity index (χ1) is 16.9. The van der Waals surface area contributed by atoms with Gasteiger partial charge in [0.25, 0.3) is 5.89 Å². The van der Waals surface area contributed by atoms with Crippen LogP contribution in [0.4, 0.5) is 4.79 Å². The molecule has 0 radical (unpaired) electrons. The molecule has 2 aromatic heterocycles. The van der Waals surface area contributed by atoms with Gasteiger partial charge in [0.15, 0.2) is 0 Å². The first kappa shape index (κ1) is 23.1. The molecule has 0 aliphatic carbocycles. The first-order valence-electron chi connectivity index (χ1n) is 11.7. The SMILES string of the molecule is CC1=C(c2nc(-c3ccc(C)cc3)no2)C(c2ccc(C)c(C)c2)NC(=O)N1CCc1cccs1. The molecule has 2 amide bonds. The third kappa shape index (κ3) is 4.64. The number of urea groups is 1. The summed E-state index contributed by atoms with van der Waals surface area (Å²) in [5, 5.41) is 9.52. The number of benzene rings is 2. The number of aryl methyl sites for hydroxylation is 3. The Morgan fingerprint density at radius 2 is 1.83 bits per heavy atom. The van der Waals surface area contributed by atoms with E-state index in [1.165, 1.54) is 21.6 Å². The molecule has 5 rings (SSSR count). The number of amides is 2. The van der Waals surface area contributed by atoms with Crippen molar-refractivity contribution in [1.82, 2.24) is 20.4 Å². The second-order valence-corrected chi connectivity index (χ2v) is 10.0. The molecule has 0 fully saturated rings. The van der Waals surface area contributed by atoms with E-state index in [0.717, 1.165) is 28.8 Å². The lowest BCUT2D eigenvalue weighted by Gasteiger charge is -2.35. The average molecular weight is 485 g/mol. The van der Waals surface area contributed by atoms with Crippen LogP contribution >= 0.6 is 11.3 Å². The summed E-state index contributed by atoms with van der Waals surface area (Å²) in [6.45, 7) is 8.74. The van der Waals surface area contributed by atoms with E-state index in [0.29, 0.717) is 18.3 Å². The number of hydrogen-bond acceptors (Lipinski definition) is 5. The van der Waals surface area contributed by atoms with Crippen molar-refractivity contribution in [3.63, 3.8) is 0 Å². The molecule has 1 atom stereocenters. The van der Waals surface area contributed by atoms with Gasteiger partial charge in [0.2, 0.25) is 5.82 Å². The minimum absolute atomic E-state index is 0.121. The number of carbonyl (C=O) groups excluding carboxylic acids is 1. The third-order valence-electron chi connectivity index (χ3n) is 6.59. The maximum Gasteiger partial charge on any atom is 0.322 e. The van der Waals surface area contributed by atoms with E-state index in [4.69, 9.17) is 9.51 Å². The highest BCUT2D eigenvalue weighted by Crippen LogP contribution is 2.38. The topological polar surface area (TPSA) is 71.3 Å². The van der Waals surface area contributed by atoms with Gasteiger partial charge in [-0.15, -0.1) is 11.3 Å². The zero-order valence-corrected chi connectivity index (χ0v) is 21.1. The maximum absolute atomic E-state index is 13.3. The van der Waals surface area contributed by atoms with Crippen LogP contribution in [0.15, 0.2) is 70.2 Å². The summed E-state index contributed by atoms with van der Waals surface area (Å²) >= 11 is 1.70. The largest absolute Gasteiger partial charge is 0.334 e. The van der Waals surface area contributed by atoms with Crippen LogP contribution in [0.2, 0.25) is 0 Å². The molecule has 3 heterocycles. The number of thiophene rings is 1. The van der Waals surface area contributed by atoms with E-state index >= 15 is 0 Å². The van der Waals surface area contributed by atoms with Crippen molar-refractivity contribution < 1.29 is 9.32 Å². The first-order valence-corrected chi connectivity index (χ1v) is 12.6. The molecule has 1 aliphatic rings. The second-order valence-electron chi connectivity index (χ2n) is 9.00. The normalized spacial score (nSPS) is 16.1. The molecule has 0 spiro atoms. The zero-order chi connectivity index (χ0) is 24.5. The fraction of sp³-hybridized carbons (Fsp3) is 0.250. The molecule has 0 bridgehead atoms. The van der Waals surface area contributed by atoms with Crippen molar-refractivity contribution in [1.29, 1.82) is 0 Å². The number of nitrogens with zero attached hydrogens (tertiary/aromatic N) is 3. The van der Waals surface area contributed by atoms with Gasteiger partial charge in [0.1, 0.15) is 0 Å². The predicted octanol–water partition coefficient (Wildman–Crippen LogP) is 6.46. The van der Waals surface area contributed by atoms with Crippen molar-refractivity contribution in [2.45, 2.75) is 40.2 Å². The van der Waals surface area contributed by atoms with Gasteiger partial charge in [-0.05, 0) is 62.3 Å². The lowest BCUT2D eigenvalue weighted by molar-refractivity contribution is 0.205. The molecule has 1 unspecified atom stereocenters. The van der Waals surface area contributed by atoms with Crippen molar-refractivity contribution in [2.24, 2.45) is 0 Å². The fourth-order valence-electron chi connectivity index (χ4n) is 4.35. The van der Waals surface area contributed by atoms with Crippen LogP contribution in [0.3, 0.4) is 0 Å². The van der Waals surface area contributed by atoms with Gasteiger partial charge >= 0.3 is 6.03 Å². The lowest BCUT2D eigenvalue weighted by Crippen LogP contribution is -2.46. The van der Waals surface area contributed by atoms with Crippen LogP contribution in [-0.2, 0) is 6.42 Å². The Balaban J connectivity index is 1.56. The Morgan fingerprint density at radius 3 is 2.54 bits per heavy atom. The summed E-state index contributed by atoms with van der Waals surface area (Å²) in [6, 6.07) is 17.9. The molecule has 35 heavy (non-hydrogen) atoms. The smallest absolute Gasteiger partial charge is 0.322 e. The molecule has 6 nitrogen and oxygen atoms in total. The Kier molecular flexibility index (Phi) is 6.26. The second kappa shape index (κ2) is 9.50. The molecule has 1 N–H and O–H groups in total. The summed E-state index contributed by atoms with van der Waals surface area (Å²) in [6.07, 6.45) is 0.780. The Morgan fingerprint density at radius 1 is 1.03 bits per heavy atom. The third-order valence-corrected chi connectivity index (χ3v) is 7.52. The molecular formula is C28H28N4O2S. The molecule has 0 saturated heterocycles. The maximum atomic E-state index is 13.3. The number of nitrogens with one attached hydrogen (secondary N) is 1. The summed E-state index contributed by atoms with van der Waals surface area (Å²) in [4.78, 5) is 21.0. The van der Waals surface area contributed by atoms with E-state index in [-0.39, 0.29) is 12.1 Å². The lowest BCUT2D eigenvalue weighted by atomic mass is 9.92.